The van der Waals surface area contributed by atoms with E-state index in [0.717, 1.165) is 28.2 Å². The lowest BCUT2D eigenvalue weighted by Crippen LogP contribution is -2.50. The number of amidine groups is 1. The quantitative estimate of drug-likeness (QED) is 0.555. The van der Waals surface area contributed by atoms with Gasteiger partial charge in [-0.2, -0.15) is 4.31 Å². The van der Waals surface area contributed by atoms with Gasteiger partial charge in [0.1, 0.15) is 23.0 Å². The molecule has 7 nitrogen and oxygen atoms in total. The minimum Gasteiger partial charge on any atom is -0.497 e. The predicted molar refractivity (Wildman–Crippen MR) is 132 cm³/mol. The number of sulfonamides is 1. The molecule has 0 saturated carbocycles. The highest BCUT2D eigenvalue weighted by Gasteiger charge is 2.32. The molecule has 1 saturated heterocycles. The van der Waals surface area contributed by atoms with Crippen molar-refractivity contribution in [3.05, 3.63) is 77.4 Å². The molecule has 0 spiro atoms. The fraction of sp³-hybridized carbons (Fsp3) is 0.269. The van der Waals surface area contributed by atoms with E-state index in [1.165, 1.54) is 0 Å². The van der Waals surface area contributed by atoms with Crippen molar-refractivity contribution >= 4 is 21.5 Å². The Morgan fingerprint density at radius 2 is 1.68 bits per heavy atom. The maximum absolute atomic E-state index is 13.3. The van der Waals surface area contributed by atoms with Gasteiger partial charge in [0.15, 0.2) is 5.75 Å². The van der Waals surface area contributed by atoms with Crippen molar-refractivity contribution < 1.29 is 17.9 Å². The molecule has 0 aromatic heterocycles. The van der Waals surface area contributed by atoms with E-state index in [1.807, 2.05) is 62.4 Å². The molecule has 0 bridgehead atoms. The SMILES string of the molecule is COc1ccc2c(c1)C(N1CCN(S(=O)(=O)c3ccccc3C)CC1)=Nc1ccc(C)cc1O2. The summed E-state index contributed by atoms with van der Waals surface area (Å²) in [5, 5.41) is 0. The normalized spacial score (nSPS) is 16.1. The van der Waals surface area contributed by atoms with Gasteiger partial charge in [-0.1, -0.05) is 24.3 Å². The summed E-state index contributed by atoms with van der Waals surface area (Å²) in [5.74, 6) is 2.85. The molecule has 0 atom stereocenters. The lowest BCUT2D eigenvalue weighted by atomic mass is 10.1. The Morgan fingerprint density at radius 3 is 2.41 bits per heavy atom. The van der Waals surface area contributed by atoms with Gasteiger partial charge >= 0.3 is 0 Å². The van der Waals surface area contributed by atoms with Gasteiger partial charge in [-0.05, 0) is 61.4 Å². The van der Waals surface area contributed by atoms with Gasteiger partial charge in [-0.3, -0.25) is 0 Å². The predicted octanol–water partition coefficient (Wildman–Crippen LogP) is 4.50. The molecule has 1 fully saturated rings. The van der Waals surface area contributed by atoms with E-state index in [9.17, 15) is 8.42 Å². The van der Waals surface area contributed by atoms with Crippen LogP contribution in [0.4, 0.5) is 5.69 Å². The molecular formula is C26H27N3O4S. The average Bonchev–Trinajstić information content (AvgIpc) is 3.00. The smallest absolute Gasteiger partial charge is 0.243 e. The van der Waals surface area contributed by atoms with Crippen LogP contribution < -0.4 is 9.47 Å². The summed E-state index contributed by atoms with van der Waals surface area (Å²) in [4.78, 5) is 7.46. The molecule has 0 N–H and O–H groups in total. The molecule has 0 amide bonds. The number of hydrogen-bond acceptors (Lipinski definition) is 6. The van der Waals surface area contributed by atoms with E-state index >= 15 is 0 Å². The Balaban J connectivity index is 1.48. The number of rotatable bonds is 3. The van der Waals surface area contributed by atoms with Gasteiger partial charge < -0.3 is 14.4 Å². The lowest BCUT2D eigenvalue weighted by Gasteiger charge is -2.36. The van der Waals surface area contributed by atoms with Crippen LogP contribution in [-0.2, 0) is 10.0 Å². The maximum Gasteiger partial charge on any atom is 0.243 e. The fourth-order valence-electron chi connectivity index (χ4n) is 4.35. The number of piperazine rings is 1. The Bertz CT molecular complexity index is 1380. The van der Waals surface area contributed by atoms with Crippen molar-refractivity contribution in [1.82, 2.24) is 9.21 Å². The molecule has 176 valence electrons. The van der Waals surface area contributed by atoms with Gasteiger partial charge in [0, 0.05) is 26.2 Å². The van der Waals surface area contributed by atoms with E-state index in [4.69, 9.17) is 14.5 Å². The number of aliphatic imine (C=N–C) groups is 1. The van der Waals surface area contributed by atoms with Gasteiger partial charge in [-0.15, -0.1) is 0 Å². The summed E-state index contributed by atoms with van der Waals surface area (Å²) in [6.07, 6.45) is 0. The fourth-order valence-corrected chi connectivity index (χ4v) is 6.00. The lowest BCUT2D eigenvalue weighted by molar-refractivity contribution is 0.266. The summed E-state index contributed by atoms with van der Waals surface area (Å²) < 4.78 is 39.8. The molecule has 34 heavy (non-hydrogen) atoms. The van der Waals surface area contributed by atoms with Crippen molar-refractivity contribution in [2.45, 2.75) is 18.7 Å². The summed E-state index contributed by atoms with van der Waals surface area (Å²) in [6.45, 7) is 5.62. The summed E-state index contributed by atoms with van der Waals surface area (Å²) >= 11 is 0. The minimum atomic E-state index is -3.56. The minimum absolute atomic E-state index is 0.364. The third kappa shape index (κ3) is 4.03. The van der Waals surface area contributed by atoms with Crippen LogP contribution in [-0.4, -0.2) is 56.7 Å². The molecule has 3 aromatic carbocycles. The molecule has 2 aliphatic heterocycles. The van der Waals surface area contributed by atoms with Gasteiger partial charge in [0.25, 0.3) is 0 Å². The van der Waals surface area contributed by atoms with Crippen LogP contribution in [0.15, 0.2) is 70.6 Å². The highest BCUT2D eigenvalue weighted by Crippen LogP contribution is 2.40. The second kappa shape index (κ2) is 8.77. The zero-order chi connectivity index (χ0) is 23.9. The average molecular weight is 478 g/mol. The molecule has 2 aliphatic rings. The Morgan fingerprint density at radius 1 is 0.912 bits per heavy atom. The third-order valence-electron chi connectivity index (χ3n) is 6.24. The third-order valence-corrected chi connectivity index (χ3v) is 8.30. The highest BCUT2D eigenvalue weighted by atomic mass is 32.2. The van der Waals surface area contributed by atoms with Crippen LogP contribution in [0.5, 0.6) is 17.2 Å². The van der Waals surface area contributed by atoms with Crippen molar-refractivity contribution in [3.63, 3.8) is 0 Å². The topological polar surface area (TPSA) is 71.4 Å². The molecule has 0 aliphatic carbocycles. The molecule has 0 unspecified atom stereocenters. The molecule has 0 radical (unpaired) electrons. The first-order valence-corrected chi connectivity index (χ1v) is 12.7. The second-order valence-electron chi connectivity index (χ2n) is 8.53. The number of ether oxygens (including phenoxy) is 2. The van der Waals surface area contributed by atoms with Gasteiger partial charge in [0.05, 0.1) is 17.6 Å². The molecule has 2 heterocycles. The van der Waals surface area contributed by atoms with Gasteiger partial charge in [-0.25, -0.2) is 13.4 Å². The van der Waals surface area contributed by atoms with E-state index < -0.39 is 10.0 Å². The summed E-state index contributed by atoms with van der Waals surface area (Å²) in [7, 11) is -1.93. The second-order valence-corrected chi connectivity index (χ2v) is 10.4. The monoisotopic (exact) mass is 477 g/mol. The van der Waals surface area contributed by atoms with Crippen LogP contribution in [0.25, 0.3) is 0 Å². The van der Waals surface area contributed by atoms with E-state index in [1.54, 1.807) is 23.5 Å². The largest absolute Gasteiger partial charge is 0.497 e. The maximum atomic E-state index is 13.3. The highest BCUT2D eigenvalue weighted by molar-refractivity contribution is 7.89. The first-order valence-electron chi connectivity index (χ1n) is 11.2. The Kier molecular flexibility index (Phi) is 5.79. The van der Waals surface area contributed by atoms with Crippen LogP contribution >= 0.6 is 0 Å². The zero-order valence-electron chi connectivity index (χ0n) is 19.5. The molecule has 5 rings (SSSR count). The number of methoxy groups -OCH3 is 1. The number of aryl methyl sites for hydroxylation is 2. The van der Waals surface area contributed by atoms with Crippen LogP contribution in [0, 0.1) is 13.8 Å². The van der Waals surface area contributed by atoms with E-state index in [2.05, 4.69) is 4.90 Å². The van der Waals surface area contributed by atoms with E-state index in [-0.39, 0.29) is 0 Å². The van der Waals surface area contributed by atoms with Crippen molar-refractivity contribution in [3.8, 4) is 17.2 Å². The summed E-state index contributed by atoms with van der Waals surface area (Å²) in [6, 6.07) is 18.7. The first-order chi connectivity index (χ1) is 16.4. The summed E-state index contributed by atoms with van der Waals surface area (Å²) in [5.41, 5.74) is 3.40. The zero-order valence-corrected chi connectivity index (χ0v) is 20.3. The Labute approximate surface area is 200 Å². The van der Waals surface area contributed by atoms with Crippen LogP contribution in [0.1, 0.15) is 16.7 Å². The standard InChI is InChI=1S/C26H27N3O4S/c1-18-8-10-22-24(16-18)33-23-11-9-20(32-3)17-21(23)26(27-22)28-12-14-29(15-13-28)34(30,31)25-7-5-4-6-19(25)2/h4-11,16-17H,12-15H2,1-3H3. The van der Waals surface area contributed by atoms with E-state index in [0.29, 0.717) is 48.3 Å². The van der Waals surface area contributed by atoms with Gasteiger partial charge in [0.2, 0.25) is 10.0 Å². The number of hydrogen-bond donors (Lipinski definition) is 0. The molecular weight excluding hydrogens is 450 g/mol. The van der Waals surface area contributed by atoms with Crippen molar-refractivity contribution in [2.24, 2.45) is 4.99 Å². The van der Waals surface area contributed by atoms with Crippen LogP contribution in [0.3, 0.4) is 0 Å². The van der Waals surface area contributed by atoms with Crippen molar-refractivity contribution in [1.29, 1.82) is 0 Å². The first kappa shape index (κ1) is 22.4. The number of nitrogens with zero attached hydrogens (tertiary/aromatic N) is 3. The van der Waals surface area contributed by atoms with Crippen LogP contribution in [0.2, 0.25) is 0 Å². The van der Waals surface area contributed by atoms with Crippen molar-refractivity contribution in [2.75, 3.05) is 33.3 Å². The molecule has 3 aromatic rings. The number of benzene rings is 3. The number of fused-ring (bicyclic) bond motifs is 2. The molecule has 8 heteroatoms. The Hall–Kier alpha value is -3.36.